The van der Waals surface area contributed by atoms with Gasteiger partial charge in [-0.05, 0) is 19.1 Å². The van der Waals surface area contributed by atoms with Crippen LogP contribution in [0.15, 0.2) is 18.3 Å². The first kappa shape index (κ1) is 12.4. The van der Waals surface area contributed by atoms with Crippen molar-refractivity contribution in [2.75, 3.05) is 0 Å². The highest BCUT2D eigenvalue weighted by molar-refractivity contribution is 5.94. The van der Waals surface area contributed by atoms with E-state index in [1.54, 1.807) is 29.9 Å². The fourth-order valence-corrected chi connectivity index (χ4v) is 1.71. The number of aromatic nitrogens is 4. The van der Waals surface area contributed by atoms with Crippen molar-refractivity contribution in [1.29, 1.82) is 0 Å². The van der Waals surface area contributed by atoms with Crippen LogP contribution in [0.4, 0.5) is 0 Å². The van der Waals surface area contributed by atoms with E-state index in [1.807, 2.05) is 13.8 Å². The second kappa shape index (κ2) is 5.08. The Balaban J connectivity index is 2.50. The number of hydrogen-bond acceptors (Lipinski definition) is 4. The smallest absolute Gasteiger partial charge is 0.159 e. The molecule has 2 rings (SSSR count). The Morgan fingerprint density at radius 3 is 2.72 bits per heavy atom. The summed E-state index contributed by atoms with van der Waals surface area (Å²) in [5, 5.41) is 4.40. The zero-order valence-electron chi connectivity index (χ0n) is 10.8. The molecule has 0 spiro atoms. The maximum Gasteiger partial charge on any atom is 0.159 e. The van der Waals surface area contributed by atoms with E-state index in [1.165, 1.54) is 0 Å². The number of pyridine rings is 1. The molecule has 0 aliphatic heterocycles. The molecule has 0 atom stereocenters. The SMILES string of the molecule is CCc1nc(CC)n(-c2cc(C(C)=O)ccn2)n1. The van der Waals surface area contributed by atoms with Gasteiger partial charge in [0.2, 0.25) is 0 Å². The molecule has 2 aromatic rings. The van der Waals surface area contributed by atoms with Gasteiger partial charge in [0.25, 0.3) is 0 Å². The van der Waals surface area contributed by atoms with Crippen LogP contribution in [-0.2, 0) is 12.8 Å². The first-order valence-electron chi connectivity index (χ1n) is 6.07. The van der Waals surface area contributed by atoms with Crippen molar-refractivity contribution >= 4 is 5.78 Å². The van der Waals surface area contributed by atoms with Crippen LogP contribution in [0.2, 0.25) is 0 Å². The van der Waals surface area contributed by atoms with Gasteiger partial charge in [-0.15, -0.1) is 5.10 Å². The summed E-state index contributed by atoms with van der Waals surface area (Å²) in [6.45, 7) is 5.58. The minimum atomic E-state index is 0.0209. The van der Waals surface area contributed by atoms with Crippen molar-refractivity contribution in [2.45, 2.75) is 33.6 Å². The van der Waals surface area contributed by atoms with E-state index in [0.29, 0.717) is 11.4 Å². The molecule has 18 heavy (non-hydrogen) atoms. The zero-order valence-corrected chi connectivity index (χ0v) is 10.8. The standard InChI is InChI=1S/C13H16N4O/c1-4-11-15-12(5-2)17(16-11)13-8-10(9(3)18)6-7-14-13/h6-8H,4-5H2,1-3H3. The van der Waals surface area contributed by atoms with E-state index in [2.05, 4.69) is 15.1 Å². The molecule has 0 saturated carbocycles. The molecule has 5 heteroatoms. The third-order valence-corrected chi connectivity index (χ3v) is 2.72. The molecule has 5 nitrogen and oxygen atoms in total. The molecule has 0 bridgehead atoms. The molecule has 0 aromatic carbocycles. The first-order chi connectivity index (χ1) is 8.65. The molecule has 0 fully saturated rings. The lowest BCUT2D eigenvalue weighted by atomic mass is 10.2. The van der Waals surface area contributed by atoms with Gasteiger partial charge in [0, 0.05) is 24.6 Å². The van der Waals surface area contributed by atoms with Crippen molar-refractivity contribution in [3.8, 4) is 5.82 Å². The molecule has 0 amide bonds. The fraction of sp³-hybridized carbons (Fsp3) is 0.385. The van der Waals surface area contributed by atoms with Crippen molar-refractivity contribution < 1.29 is 4.79 Å². The maximum atomic E-state index is 11.4. The normalized spacial score (nSPS) is 10.6. The van der Waals surface area contributed by atoms with Crippen LogP contribution in [-0.4, -0.2) is 25.5 Å². The van der Waals surface area contributed by atoms with E-state index in [9.17, 15) is 4.79 Å². The summed E-state index contributed by atoms with van der Waals surface area (Å²) in [4.78, 5) is 20.1. The minimum absolute atomic E-state index is 0.0209. The monoisotopic (exact) mass is 244 g/mol. The molecule has 94 valence electrons. The van der Waals surface area contributed by atoms with E-state index >= 15 is 0 Å². The highest BCUT2D eigenvalue weighted by Crippen LogP contribution is 2.11. The number of carbonyl (C=O) groups excluding carboxylic acids is 1. The number of rotatable bonds is 4. The number of carbonyl (C=O) groups is 1. The van der Waals surface area contributed by atoms with Gasteiger partial charge < -0.3 is 0 Å². The summed E-state index contributed by atoms with van der Waals surface area (Å²) in [6, 6.07) is 3.45. The maximum absolute atomic E-state index is 11.4. The fourth-order valence-electron chi connectivity index (χ4n) is 1.71. The van der Waals surface area contributed by atoms with E-state index in [4.69, 9.17) is 0 Å². The Kier molecular flexibility index (Phi) is 3.50. The van der Waals surface area contributed by atoms with Crippen LogP contribution in [0.3, 0.4) is 0 Å². The molecule has 0 unspecified atom stereocenters. The molecule has 0 N–H and O–H groups in total. The Labute approximate surface area is 106 Å². The van der Waals surface area contributed by atoms with Crippen LogP contribution in [0.5, 0.6) is 0 Å². The molecule has 2 heterocycles. The Morgan fingerprint density at radius 1 is 1.33 bits per heavy atom. The summed E-state index contributed by atoms with van der Waals surface area (Å²) >= 11 is 0. The predicted molar refractivity (Wildman–Crippen MR) is 67.9 cm³/mol. The van der Waals surface area contributed by atoms with Gasteiger partial charge in [-0.1, -0.05) is 13.8 Å². The van der Waals surface area contributed by atoms with Crippen LogP contribution in [0, 0.1) is 0 Å². The molecule has 0 aliphatic rings. The van der Waals surface area contributed by atoms with Gasteiger partial charge in [0.1, 0.15) is 5.82 Å². The van der Waals surface area contributed by atoms with Gasteiger partial charge >= 0.3 is 0 Å². The number of ketones is 1. The van der Waals surface area contributed by atoms with Crippen LogP contribution < -0.4 is 0 Å². The summed E-state index contributed by atoms with van der Waals surface area (Å²) < 4.78 is 1.71. The van der Waals surface area contributed by atoms with Gasteiger partial charge in [-0.3, -0.25) is 4.79 Å². The minimum Gasteiger partial charge on any atom is -0.295 e. The largest absolute Gasteiger partial charge is 0.295 e. The van der Waals surface area contributed by atoms with E-state index in [-0.39, 0.29) is 5.78 Å². The van der Waals surface area contributed by atoms with Gasteiger partial charge in [-0.2, -0.15) is 4.68 Å². The summed E-state index contributed by atoms with van der Waals surface area (Å²) in [6.07, 6.45) is 3.18. The molecule has 0 radical (unpaired) electrons. The Bertz CT molecular complexity index is 574. The Morgan fingerprint density at radius 2 is 2.11 bits per heavy atom. The topological polar surface area (TPSA) is 60.7 Å². The molecular weight excluding hydrogens is 228 g/mol. The van der Waals surface area contributed by atoms with Crippen molar-refractivity contribution in [3.63, 3.8) is 0 Å². The van der Waals surface area contributed by atoms with Crippen LogP contribution >= 0.6 is 0 Å². The third-order valence-electron chi connectivity index (χ3n) is 2.72. The molecule has 2 aromatic heterocycles. The number of aryl methyl sites for hydroxylation is 2. The number of Topliss-reactive ketones (excluding diaryl/α,β-unsaturated/α-hetero) is 1. The van der Waals surface area contributed by atoms with E-state index in [0.717, 1.165) is 24.5 Å². The second-order valence-electron chi connectivity index (χ2n) is 4.02. The summed E-state index contributed by atoms with van der Waals surface area (Å²) in [5.74, 6) is 2.32. The average molecular weight is 244 g/mol. The first-order valence-corrected chi connectivity index (χ1v) is 6.07. The lowest BCUT2D eigenvalue weighted by Crippen LogP contribution is -2.06. The zero-order chi connectivity index (χ0) is 13.1. The van der Waals surface area contributed by atoms with Gasteiger partial charge in [-0.25, -0.2) is 9.97 Å². The Hall–Kier alpha value is -2.04. The van der Waals surface area contributed by atoms with Crippen molar-refractivity contribution in [3.05, 3.63) is 35.5 Å². The highest BCUT2D eigenvalue weighted by Gasteiger charge is 2.11. The van der Waals surface area contributed by atoms with Crippen LogP contribution in [0.1, 0.15) is 42.8 Å². The van der Waals surface area contributed by atoms with Gasteiger partial charge in [0.15, 0.2) is 17.4 Å². The second-order valence-corrected chi connectivity index (χ2v) is 4.02. The highest BCUT2D eigenvalue weighted by atomic mass is 16.1. The lowest BCUT2D eigenvalue weighted by Gasteiger charge is -2.04. The van der Waals surface area contributed by atoms with Crippen molar-refractivity contribution in [1.82, 2.24) is 19.7 Å². The number of hydrogen-bond donors (Lipinski definition) is 0. The molecular formula is C13H16N4O. The average Bonchev–Trinajstić information content (AvgIpc) is 2.82. The molecule has 0 saturated heterocycles. The quantitative estimate of drug-likeness (QED) is 0.772. The third kappa shape index (κ3) is 2.30. The predicted octanol–water partition coefficient (Wildman–Crippen LogP) is 1.99. The van der Waals surface area contributed by atoms with Crippen LogP contribution in [0.25, 0.3) is 5.82 Å². The molecule has 0 aliphatic carbocycles. The summed E-state index contributed by atoms with van der Waals surface area (Å²) in [7, 11) is 0. The van der Waals surface area contributed by atoms with Crippen molar-refractivity contribution in [2.24, 2.45) is 0 Å². The summed E-state index contributed by atoms with van der Waals surface area (Å²) in [5.41, 5.74) is 0.635. The number of nitrogens with zero attached hydrogens (tertiary/aromatic N) is 4. The van der Waals surface area contributed by atoms with E-state index < -0.39 is 0 Å². The lowest BCUT2D eigenvalue weighted by molar-refractivity contribution is 0.101. The van der Waals surface area contributed by atoms with Gasteiger partial charge in [0.05, 0.1) is 0 Å².